The molecule has 0 radical (unpaired) electrons. The normalized spacial score (nSPS) is 20.1. The third kappa shape index (κ3) is 4.23. The number of nitrogens with zero attached hydrogens (tertiary/aromatic N) is 3. The Labute approximate surface area is 189 Å². The number of nitriles is 1. The number of methoxy groups -OCH3 is 1. The van der Waals surface area contributed by atoms with Gasteiger partial charge in [0.15, 0.2) is 0 Å². The Morgan fingerprint density at radius 3 is 2.38 bits per heavy atom. The van der Waals surface area contributed by atoms with Gasteiger partial charge in [-0.2, -0.15) is 9.57 Å². The highest BCUT2D eigenvalue weighted by Gasteiger charge is 2.38. The van der Waals surface area contributed by atoms with E-state index in [0.717, 1.165) is 30.7 Å². The van der Waals surface area contributed by atoms with Crippen molar-refractivity contribution in [3.63, 3.8) is 0 Å². The summed E-state index contributed by atoms with van der Waals surface area (Å²) in [7, 11) is -2.13. The van der Waals surface area contributed by atoms with Crippen molar-refractivity contribution < 1.29 is 17.9 Å². The van der Waals surface area contributed by atoms with Gasteiger partial charge >= 0.3 is 0 Å². The molecule has 2 aromatic carbocycles. The van der Waals surface area contributed by atoms with Crippen molar-refractivity contribution in [3.05, 3.63) is 59.7 Å². The van der Waals surface area contributed by atoms with Gasteiger partial charge in [-0.15, -0.1) is 0 Å². The van der Waals surface area contributed by atoms with Crippen molar-refractivity contribution >= 4 is 15.9 Å². The van der Waals surface area contributed by atoms with E-state index >= 15 is 0 Å². The topological polar surface area (TPSA) is 90.7 Å². The molecule has 2 heterocycles. The van der Waals surface area contributed by atoms with Gasteiger partial charge in [0, 0.05) is 25.6 Å². The molecule has 2 saturated heterocycles. The molecule has 2 aliphatic heterocycles. The Morgan fingerprint density at radius 1 is 1.03 bits per heavy atom. The zero-order valence-electron chi connectivity index (χ0n) is 18.1. The molecule has 2 aromatic rings. The summed E-state index contributed by atoms with van der Waals surface area (Å²) in [6.07, 6.45) is 2.86. The maximum absolute atomic E-state index is 13.3. The molecular weight excluding hydrogens is 426 g/mol. The second kappa shape index (κ2) is 9.31. The number of rotatable bonds is 5. The Kier molecular flexibility index (Phi) is 6.49. The molecule has 0 aliphatic carbocycles. The first kappa shape index (κ1) is 22.3. The van der Waals surface area contributed by atoms with Gasteiger partial charge in [-0.05, 0) is 55.5 Å². The molecule has 2 fully saturated rings. The fourth-order valence-electron chi connectivity index (χ4n) is 4.70. The first-order valence-corrected chi connectivity index (χ1v) is 12.3. The smallest absolute Gasteiger partial charge is 0.244 e. The molecule has 4 rings (SSSR count). The lowest BCUT2D eigenvalue weighted by Gasteiger charge is -2.34. The van der Waals surface area contributed by atoms with Crippen LogP contribution in [0.15, 0.2) is 53.4 Å². The zero-order chi connectivity index (χ0) is 22.7. The lowest BCUT2D eigenvalue weighted by atomic mass is 9.95. The van der Waals surface area contributed by atoms with Crippen molar-refractivity contribution in [1.29, 1.82) is 5.26 Å². The molecule has 32 heavy (non-hydrogen) atoms. The zero-order valence-corrected chi connectivity index (χ0v) is 18.9. The molecule has 1 unspecified atom stereocenters. The number of amides is 1. The molecule has 0 bridgehead atoms. The Bertz CT molecular complexity index is 1120. The van der Waals surface area contributed by atoms with Crippen LogP contribution in [0.1, 0.15) is 42.9 Å². The highest BCUT2D eigenvalue weighted by Crippen LogP contribution is 2.36. The molecule has 8 heteroatoms. The largest absolute Gasteiger partial charge is 0.497 e. The fourth-order valence-corrected chi connectivity index (χ4v) is 6.32. The summed E-state index contributed by atoms with van der Waals surface area (Å²) in [5.41, 5.74) is 1.25. The Morgan fingerprint density at radius 2 is 1.72 bits per heavy atom. The van der Waals surface area contributed by atoms with Crippen molar-refractivity contribution in [1.82, 2.24) is 9.21 Å². The number of hydrogen-bond acceptors (Lipinski definition) is 5. The molecule has 0 saturated carbocycles. The number of carbonyl (C=O) groups excluding carboxylic acids is 1. The van der Waals surface area contributed by atoms with Gasteiger partial charge in [0.05, 0.1) is 23.6 Å². The number of ether oxygens (including phenoxy) is 1. The van der Waals surface area contributed by atoms with Crippen LogP contribution < -0.4 is 4.74 Å². The predicted molar refractivity (Wildman–Crippen MR) is 119 cm³/mol. The molecule has 168 valence electrons. The highest BCUT2D eigenvalue weighted by molar-refractivity contribution is 7.89. The van der Waals surface area contributed by atoms with E-state index in [9.17, 15) is 18.5 Å². The third-order valence-electron chi connectivity index (χ3n) is 6.46. The van der Waals surface area contributed by atoms with Crippen LogP contribution in [0, 0.1) is 17.2 Å². The van der Waals surface area contributed by atoms with Crippen molar-refractivity contribution in [3.8, 4) is 11.8 Å². The van der Waals surface area contributed by atoms with E-state index in [4.69, 9.17) is 4.74 Å². The molecule has 0 spiro atoms. The molecule has 0 N–H and O–H groups in total. The number of sulfonamides is 1. The summed E-state index contributed by atoms with van der Waals surface area (Å²) in [5.74, 6) is 0.709. The molecule has 2 aliphatic rings. The van der Waals surface area contributed by atoms with Crippen LogP contribution in [0.5, 0.6) is 5.75 Å². The molecule has 0 aromatic heterocycles. The predicted octanol–water partition coefficient (Wildman–Crippen LogP) is 3.33. The Balaban J connectivity index is 1.43. The standard InChI is InChI=1S/C24H27N3O4S/c1-31-21-10-8-18(9-11-21)22-6-4-14-27(22)24(28)19-12-15-26(16-13-19)32(29,30)23-7-3-2-5-20(23)17-25/h2-3,5,7-11,19,22H,4,6,12-16H2,1H3. The first-order valence-electron chi connectivity index (χ1n) is 10.9. The van der Waals surface area contributed by atoms with Gasteiger partial charge in [-0.25, -0.2) is 8.42 Å². The first-order chi connectivity index (χ1) is 15.5. The maximum atomic E-state index is 13.3. The van der Waals surface area contributed by atoms with Crippen LogP contribution in [0.2, 0.25) is 0 Å². The maximum Gasteiger partial charge on any atom is 0.244 e. The number of likely N-dealkylation sites (tertiary alicyclic amines) is 1. The summed E-state index contributed by atoms with van der Waals surface area (Å²) in [6.45, 7) is 1.28. The van der Waals surface area contributed by atoms with Gasteiger partial charge in [0.2, 0.25) is 15.9 Å². The lowest BCUT2D eigenvalue weighted by molar-refractivity contribution is -0.137. The van der Waals surface area contributed by atoms with Crippen molar-refractivity contribution in [2.24, 2.45) is 5.92 Å². The van der Waals surface area contributed by atoms with E-state index in [0.29, 0.717) is 12.8 Å². The van der Waals surface area contributed by atoms with Crippen LogP contribution >= 0.6 is 0 Å². The van der Waals surface area contributed by atoms with Crippen LogP contribution in [0.25, 0.3) is 0 Å². The van der Waals surface area contributed by atoms with E-state index in [1.165, 1.54) is 16.4 Å². The minimum absolute atomic E-state index is 0.0337. The highest BCUT2D eigenvalue weighted by atomic mass is 32.2. The van der Waals surface area contributed by atoms with E-state index in [2.05, 4.69) is 0 Å². The second-order valence-corrected chi connectivity index (χ2v) is 10.2. The lowest BCUT2D eigenvalue weighted by Crippen LogP contribution is -2.44. The van der Waals surface area contributed by atoms with Gasteiger partial charge in [-0.3, -0.25) is 4.79 Å². The summed E-state index contributed by atoms with van der Waals surface area (Å²) in [4.78, 5) is 15.3. The summed E-state index contributed by atoms with van der Waals surface area (Å²) in [6, 6.07) is 16.1. The molecule has 1 atom stereocenters. The van der Waals surface area contributed by atoms with E-state index in [1.54, 1.807) is 19.2 Å². The molecule has 7 nitrogen and oxygen atoms in total. The second-order valence-electron chi connectivity index (χ2n) is 8.25. The van der Waals surface area contributed by atoms with E-state index in [-0.39, 0.29) is 41.4 Å². The van der Waals surface area contributed by atoms with Gasteiger partial charge in [-0.1, -0.05) is 24.3 Å². The number of hydrogen-bond donors (Lipinski definition) is 0. The fraction of sp³-hybridized carbons (Fsp3) is 0.417. The van der Waals surface area contributed by atoms with Crippen LogP contribution in [0.4, 0.5) is 0 Å². The molecular formula is C24H27N3O4S. The van der Waals surface area contributed by atoms with Crippen LogP contribution in [0.3, 0.4) is 0 Å². The van der Waals surface area contributed by atoms with Crippen LogP contribution in [-0.2, 0) is 14.8 Å². The number of carbonyl (C=O) groups is 1. The monoisotopic (exact) mass is 453 g/mol. The quantitative estimate of drug-likeness (QED) is 0.693. The minimum Gasteiger partial charge on any atom is -0.497 e. The average molecular weight is 454 g/mol. The average Bonchev–Trinajstić information content (AvgIpc) is 3.33. The number of benzene rings is 2. The van der Waals surface area contributed by atoms with Gasteiger partial charge in [0.1, 0.15) is 11.8 Å². The van der Waals surface area contributed by atoms with E-state index in [1.807, 2.05) is 35.2 Å². The van der Waals surface area contributed by atoms with Gasteiger partial charge < -0.3 is 9.64 Å². The SMILES string of the molecule is COc1ccc(C2CCCN2C(=O)C2CCN(S(=O)(=O)c3ccccc3C#N)CC2)cc1. The Hall–Kier alpha value is -2.89. The third-order valence-corrected chi connectivity index (χ3v) is 8.42. The van der Waals surface area contributed by atoms with Crippen LogP contribution in [-0.4, -0.2) is 50.3 Å². The van der Waals surface area contributed by atoms with Gasteiger partial charge in [0.25, 0.3) is 0 Å². The van der Waals surface area contributed by atoms with E-state index < -0.39 is 10.0 Å². The van der Waals surface area contributed by atoms with Crippen molar-refractivity contribution in [2.45, 2.75) is 36.6 Å². The van der Waals surface area contributed by atoms with Crippen molar-refractivity contribution in [2.75, 3.05) is 26.7 Å². The summed E-state index contributed by atoms with van der Waals surface area (Å²) >= 11 is 0. The number of piperidine rings is 1. The summed E-state index contributed by atoms with van der Waals surface area (Å²) in [5, 5.41) is 9.27. The minimum atomic E-state index is -3.76. The molecule has 1 amide bonds. The summed E-state index contributed by atoms with van der Waals surface area (Å²) < 4.78 is 32.8.